The topological polar surface area (TPSA) is 75.2 Å². The van der Waals surface area contributed by atoms with Gasteiger partial charge in [0.15, 0.2) is 0 Å². The highest BCUT2D eigenvalue weighted by Crippen LogP contribution is 2.21. The Morgan fingerprint density at radius 3 is 2.80 bits per heavy atom. The molecule has 0 saturated carbocycles. The van der Waals surface area contributed by atoms with E-state index in [1.54, 1.807) is 14.0 Å². The monoisotopic (exact) mass is 248 g/mol. The Labute approximate surface area is 94.1 Å². The molecule has 1 N–H and O–H groups in total. The molecule has 1 aromatic rings. The van der Waals surface area contributed by atoms with Crippen molar-refractivity contribution in [2.75, 3.05) is 24.7 Å². The van der Waals surface area contributed by atoms with Crippen LogP contribution in [0.25, 0.3) is 0 Å². The fourth-order valence-corrected chi connectivity index (χ4v) is 2.68. The molecule has 1 unspecified atom stereocenters. The van der Waals surface area contributed by atoms with Crippen molar-refractivity contribution in [2.45, 2.75) is 11.3 Å². The zero-order chi connectivity index (χ0) is 11.4. The Kier molecular flexibility index (Phi) is 4.15. The SMILES string of the molecule is CCS(=O)c1nnc(N(C)C(=O)NC)s1. The molecular formula is C7H12N4O2S2. The van der Waals surface area contributed by atoms with Crippen molar-refractivity contribution in [3.63, 3.8) is 0 Å². The van der Waals surface area contributed by atoms with Gasteiger partial charge in [0.2, 0.25) is 9.47 Å². The first-order valence-electron chi connectivity index (χ1n) is 4.27. The average Bonchev–Trinajstić information content (AvgIpc) is 2.75. The van der Waals surface area contributed by atoms with Crippen LogP contribution < -0.4 is 10.2 Å². The van der Waals surface area contributed by atoms with Gasteiger partial charge in [-0.05, 0) is 0 Å². The summed E-state index contributed by atoms with van der Waals surface area (Å²) in [6, 6.07) is -0.278. The van der Waals surface area contributed by atoms with Crippen LogP contribution in [-0.2, 0) is 10.8 Å². The van der Waals surface area contributed by atoms with Gasteiger partial charge in [0.05, 0.1) is 10.8 Å². The van der Waals surface area contributed by atoms with Gasteiger partial charge < -0.3 is 5.32 Å². The smallest absolute Gasteiger partial charge is 0.323 e. The van der Waals surface area contributed by atoms with E-state index in [1.165, 1.54) is 11.9 Å². The number of nitrogens with one attached hydrogen (secondary N) is 1. The van der Waals surface area contributed by atoms with Gasteiger partial charge in [-0.1, -0.05) is 18.3 Å². The maximum atomic E-state index is 11.4. The van der Waals surface area contributed by atoms with E-state index in [0.717, 1.165) is 11.3 Å². The van der Waals surface area contributed by atoms with Crippen LogP contribution in [-0.4, -0.2) is 40.3 Å². The molecule has 84 valence electrons. The average molecular weight is 248 g/mol. The number of amides is 2. The molecule has 0 bridgehead atoms. The summed E-state index contributed by atoms with van der Waals surface area (Å²) in [5, 5.41) is 10.5. The summed E-state index contributed by atoms with van der Waals surface area (Å²) < 4.78 is 11.8. The number of carbonyl (C=O) groups is 1. The molecule has 15 heavy (non-hydrogen) atoms. The Balaban J connectivity index is 2.84. The molecule has 0 saturated heterocycles. The number of rotatable bonds is 3. The van der Waals surface area contributed by atoms with E-state index in [2.05, 4.69) is 15.5 Å². The maximum Gasteiger partial charge on any atom is 0.323 e. The molecule has 0 aliphatic carbocycles. The van der Waals surface area contributed by atoms with Crippen LogP contribution in [0.5, 0.6) is 0 Å². The van der Waals surface area contributed by atoms with Crippen molar-refractivity contribution >= 4 is 33.3 Å². The molecule has 8 heteroatoms. The van der Waals surface area contributed by atoms with Gasteiger partial charge in [-0.25, -0.2) is 4.79 Å². The van der Waals surface area contributed by atoms with E-state index in [1.807, 2.05) is 0 Å². The van der Waals surface area contributed by atoms with E-state index >= 15 is 0 Å². The molecule has 0 fully saturated rings. The molecule has 0 radical (unpaired) electrons. The van der Waals surface area contributed by atoms with Crippen LogP contribution in [0.2, 0.25) is 0 Å². The zero-order valence-corrected chi connectivity index (χ0v) is 10.3. The Morgan fingerprint density at radius 2 is 2.27 bits per heavy atom. The van der Waals surface area contributed by atoms with Crippen LogP contribution >= 0.6 is 11.3 Å². The lowest BCUT2D eigenvalue weighted by atomic mass is 10.8. The normalized spacial score (nSPS) is 12.2. The first kappa shape index (κ1) is 12.1. The standard InChI is InChI=1S/C7H12N4O2S2/c1-4-15(13)7-10-9-6(14-7)11(3)5(12)8-2/h4H2,1-3H3,(H,8,12). The summed E-state index contributed by atoms with van der Waals surface area (Å²) in [6.07, 6.45) is 0. The van der Waals surface area contributed by atoms with Gasteiger partial charge in [0.25, 0.3) is 0 Å². The minimum atomic E-state index is -1.11. The van der Waals surface area contributed by atoms with Crippen molar-refractivity contribution in [3.8, 4) is 0 Å². The quantitative estimate of drug-likeness (QED) is 0.788. The van der Waals surface area contributed by atoms with Crippen molar-refractivity contribution in [1.82, 2.24) is 15.5 Å². The van der Waals surface area contributed by atoms with Gasteiger partial charge >= 0.3 is 6.03 Å². The molecule has 1 heterocycles. The van der Waals surface area contributed by atoms with Crippen molar-refractivity contribution in [2.24, 2.45) is 0 Å². The molecule has 0 spiro atoms. The largest absolute Gasteiger partial charge is 0.341 e. The summed E-state index contributed by atoms with van der Waals surface area (Å²) in [4.78, 5) is 12.6. The number of hydrogen-bond donors (Lipinski definition) is 1. The molecule has 1 rings (SSSR count). The third kappa shape index (κ3) is 2.72. The number of hydrogen-bond acceptors (Lipinski definition) is 5. The predicted octanol–water partition coefficient (Wildman–Crippen LogP) is 0.441. The summed E-state index contributed by atoms with van der Waals surface area (Å²) in [7, 11) is 2.00. The number of aromatic nitrogens is 2. The number of urea groups is 1. The van der Waals surface area contributed by atoms with Gasteiger partial charge in [0.1, 0.15) is 0 Å². The summed E-state index contributed by atoms with van der Waals surface area (Å²) in [5.41, 5.74) is 0. The first-order chi connectivity index (χ1) is 7.10. The molecule has 0 aliphatic heterocycles. The van der Waals surface area contributed by atoms with E-state index in [-0.39, 0.29) is 6.03 Å². The lowest BCUT2D eigenvalue weighted by Crippen LogP contribution is -2.34. The van der Waals surface area contributed by atoms with Crippen molar-refractivity contribution < 1.29 is 9.00 Å². The fourth-order valence-electron chi connectivity index (χ4n) is 0.808. The lowest BCUT2D eigenvalue weighted by molar-refractivity contribution is 0.249. The van der Waals surface area contributed by atoms with Crippen LogP contribution in [0, 0.1) is 0 Å². The van der Waals surface area contributed by atoms with E-state index in [0.29, 0.717) is 15.2 Å². The maximum absolute atomic E-state index is 11.4. The second-order valence-electron chi connectivity index (χ2n) is 2.60. The second-order valence-corrected chi connectivity index (χ2v) is 5.47. The minimum Gasteiger partial charge on any atom is -0.341 e. The Bertz CT molecular complexity index is 379. The molecular weight excluding hydrogens is 236 g/mol. The van der Waals surface area contributed by atoms with Gasteiger partial charge in [0, 0.05) is 19.8 Å². The summed E-state index contributed by atoms with van der Waals surface area (Å²) in [5.74, 6) is 0.498. The molecule has 0 aromatic carbocycles. The molecule has 1 aromatic heterocycles. The van der Waals surface area contributed by atoms with E-state index in [4.69, 9.17) is 0 Å². The summed E-state index contributed by atoms with van der Waals surface area (Å²) >= 11 is 1.16. The Hall–Kier alpha value is -1.02. The molecule has 0 aliphatic rings. The highest BCUT2D eigenvalue weighted by molar-refractivity contribution is 7.87. The predicted molar refractivity (Wildman–Crippen MR) is 59.7 cm³/mol. The van der Waals surface area contributed by atoms with Gasteiger partial charge in [-0.2, -0.15) is 0 Å². The van der Waals surface area contributed by atoms with Gasteiger partial charge in [-0.15, -0.1) is 10.2 Å². The number of anilines is 1. The van der Waals surface area contributed by atoms with Crippen molar-refractivity contribution in [1.29, 1.82) is 0 Å². The molecule has 6 nitrogen and oxygen atoms in total. The summed E-state index contributed by atoms with van der Waals surface area (Å²) in [6.45, 7) is 1.81. The van der Waals surface area contributed by atoms with Crippen LogP contribution in [0.1, 0.15) is 6.92 Å². The third-order valence-electron chi connectivity index (χ3n) is 1.66. The second kappa shape index (κ2) is 5.17. The van der Waals surface area contributed by atoms with Crippen LogP contribution in [0.15, 0.2) is 4.34 Å². The lowest BCUT2D eigenvalue weighted by Gasteiger charge is -2.10. The Morgan fingerprint density at radius 1 is 1.60 bits per heavy atom. The van der Waals surface area contributed by atoms with E-state index < -0.39 is 10.8 Å². The fraction of sp³-hybridized carbons (Fsp3) is 0.571. The zero-order valence-electron chi connectivity index (χ0n) is 8.68. The van der Waals surface area contributed by atoms with Crippen molar-refractivity contribution in [3.05, 3.63) is 0 Å². The minimum absolute atomic E-state index is 0.278. The van der Waals surface area contributed by atoms with Crippen LogP contribution in [0.4, 0.5) is 9.93 Å². The number of nitrogens with zero attached hydrogens (tertiary/aromatic N) is 3. The highest BCUT2D eigenvalue weighted by atomic mass is 32.2. The molecule has 1 atom stereocenters. The van der Waals surface area contributed by atoms with Crippen LogP contribution in [0.3, 0.4) is 0 Å². The number of carbonyl (C=O) groups excluding carboxylic acids is 1. The van der Waals surface area contributed by atoms with Gasteiger partial charge in [-0.3, -0.25) is 9.11 Å². The first-order valence-corrected chi connectivity index (χ1v) is 6.41. The highest BCUT2D eigenvalue weighted by Gasteiger charge is 2.16. The molecule has 2 amide bonds. The third-order valence-corrected chi connectivity index (χ3v) is 4.26. The van der Waals surface area contributed by atoms with E-state index in [9.17, 15) is 9.00 Å².